The van der Waals surface area contributed by atoms with Crippen molar-refractivity contribution < 1.29 is 13.2 Å². The Morgan fingerprint density at radius 1 is 1.41 bits per heavy atom. The molecular weight excluding hydrogens is 306 g/mol. The van der Waals surface area contributed by atoms with Gasteiger partial charge in [0.2, 0.25) is 10.0 Å². The van der Waals surface area contributed by atoms with Crippen LogP contribution in [0.15, 0.2) is 17.3 Å². The number of aromatic nitrogens is 4. The van der Waals surface area contributed by atoms with Crippen molar-refractivity contribution in [2.24, 2.45) is 7.05 Å². The number of nitrogens with one attached hydrogen (secondary N) is 1. The number of rotatable bonds is 3. The van der Waals surface area contributed by atoms with Gasteiger partial charge in [-0.2, -0.15) is 14.5 Å². The lowest BCUT2D eigenvalue weighted by Gasteiger charge is -2.34. The maximum atomic E-state index is 13.0. The number of nitrogens with zero attached hydrogens (tertiary/aromatic N) is 4. The Morgan fingerprint density at radius 2 is 2.18 bits per heavy atom. The van der Waals surface area contributed by atoms with E-state index in [4.69, 9.17) is 4.74 Å². The third kappa shape index (κ3) is 2.44. The smallest absolute Gasteiger partial charge is 0.247 e. The molecule has 2 aromatic heterocycles. The second kappa shape index (κ2) is 5.49. The minimum absolute atomic E-state index is 0.235. The quantitative estimate of drug-likeness (QED) is 0.888. The van der Waals surface area contributed by atoms with Crippen molar-refractivity contribution in [3.8, 4) is 0 Å². The van der Waals surface area contributed by atoms with Crippen molar-refractivity contribution in [3.63, 3.8) is 0 Å². The summed E-state index contributed by atoms with van der Waals surface area (Å²) in [5, 5.41) is 11.0. The molecule has 22 heavy (non-hydrogen) atoms. The Kier molecular flexibility index (Phi) is 3.79. The number of aryl methyl sites for hydroxylation is 3. The summed E-state index contributed by atoms with van der Waals surface area (Å²) in [5.41, 5.74) is 2.18. The van der Waals surface area contributed by atoms with Gasteiger partial charge in [0.15, 0.2) is 0 Å². The molecule has 1 aliphatic rings. The molecule has 9 heteroatoms. The molecule has 0 spiro atoms. The number of morpholine rings is 1. The third-order valence-corrected chi connectivity index (χ3v) is 5.85. The molecule has 1 aliphatic heterocycles. The topological polar surface area (TPSA) is 93.1 Å². The van der Waals surface area contributed by atoms with E-state index in [0.29, 0.717) is 25.5 Å². The van der Waals surface area contributed by atoms with Crippen molar-refractivity contribution in [3.05, 3.63) is 29.3 Å². The number of hydrogen-bond donors (Lipinski definition) is 1. The number of sulfonamides is 1. The molecule has 1 saturated heterocycles. The Balaban J connectivity index is 2.04. The third-order valence-electron chi connectivity index (χ3n) is 3.84. The molecule has 1 N–H and O–H groups in total. The van der Waals surface area contributed by atoms with E-state index in [1.807, 2.05) is 6.92 Å². The zero-order valence-corrected chi connectivity index (χ0v) is 13.6. The summed E-state index contributed by atoms with van der Waals surface area (Å²) in [4.78, 5) is 0.235. The van der Waals surface area contributed by atoms with Crippen LogP contribution in [0.1, 0.15) is 23.0 Å². The molecule has 3 heterocycles. The zero-order valence-electron chi connectivity index (χ0n) is 12.8. The highest BCUT2D eigenvalue weighted by Gasteiger charge is 2.38. The Morgan fingerprint density at radius 3 is 2.77 bits per heavy atom. The van der Waals surface area contributed by atoms with Gasteiger partial charge in [0, 0.05) is 19.8 Å². The molecule has 0 radical (unpaired) electrons. The lowest BCUT2D eigenvalue weighted by Crippen LogP contribution is -2.43. The molecule has 3 rings (SSSR count). The Bertz CT molecular complexity index is 779. The molecule has 0 aromatic carbocycles. The van der Waals surface area contributed by atoms with Crippen molar-refractivity contribution in [2.75, 3.05) is 19.8 Å². The van der Waals surface area contributed by atoms with Gasteiger partial charge in [-0.1, -0.05) is 0 Å². The number of H-pyrrole nitrogens is 1. The predicted octanol–water partition coefficient (Wildman–Crippen LogP) is 0.522. The summed E-state index contributed by atoms with van der Waals surface area (Å²) in [5.74, 6) is 0. The van der Waals surface area contributed by atoms with Gasteiger partial charge in [0.1, 0.15) is 4.90 Å². The minimum Gasteiger partial charge on any atom is -0.378 e. The van der Waals surface area contributed by atoms with Gasteiger partial charge in [-0.25, -0.2) is 8.42 Å². The van der Waals surface area contributed by atoms with E-state index >= 15 is 0 Å². The van der Waals surface area contributed by atoms with Gasteiger partial charge in [-0.05, 0) is 19.4 Å². The number of hydrogen-bond acceptors (Lipinski definition) is 5. The minimum atomic E-state index is -3.64. The highest BCUT2D eigenvalue weighted by molar-refractivity contribution is 7.89. The SMILES string of the molecule is Cc1cn[nH]c1[C@H]1COCCN1S(=O)(=O)c1cn(C)nc1C. The van der Waals surface area contributed by atoms with E-state index in [0.717, 1.165) is 11.3 Å². The number of ether oxygens (including phenoxy) is 1. The van der Waals surface area contributed by atoms with Crippen LogP contribution in [0.25, 0.3) is 0 Å². The van der Waals surface area contributed by atoms with Gasteiger partial charge in [-0.15, -0.1) is 0 Å². The highest BCUT2D eigenvalue weighted by atomic mass is 32.2. The van der Waals surface area contributed by atoms with E-state index in [9.17, 15) is 8.42 Å². The van der Waals surface area contributed by atoms with E-state index < -0.39 is 16.1 Å². The monoisotopic (exact) mass is 325 g/mol. The molecule has 120 valence electrons. The Hall–Kier alpha value is -1.71. The summed E-state index contributed by atoms with van der Waals surface area (Å²) in [6.07, 6.45) is 3.22. The molecule has 0 aliphatic carbocycles. The maximum Gasteiger partial charge on any atom is 0.247 e. The van der Waals surface area contributed by atoms with Crippen LogP contribution in [-0.2, 0) is 21.8 Å². The molecule has 0 unspecified atom stereocenters. The molecule has 8 nitrogen and oxygen atoms in total. The molecule has 2 aromatic rings. The van der Waals surface area contributed by atoms with E-state index in [2.05, 4.69) is 15.3 Å². The molecule has 0 bridgehead atoms. The average molecular weight is 325 g/mol. The zero-order chi connectivity index (χ0) is 15.9. The standard InChI is InChI=1S/C13H19N5O3S/c1-9-6-14-15-13(9)11-8-21-5-4-18(11)22(19,20)12-7-17(3)16-10(12)2/h6-7,11H,4-5,8H2,1-3H3,(H,14,15)/t11-/m1/s1. The summed E-state index contributed by atoms with van der Waals surface area (Å²) < 4.78 is 34.5. The first kappa shape index (κ1) is 15.2. The molecule has 1 fully saturated rings. The van der Waals surface area contributed by atoms with E-state index in [-0.39, 0.29) is 4.90 Å². The fraction of sp³-hybridized carbons (Fsp3) is 0.538. The molecular formula is C13H19N5O3S. The fourth-order valence-corrected chi connectivity index (χ4v) is 4.52. The summed E-state index contributed by atoms with van der Waals surface area (Å²) >= 11 is 0. The van der Waals surface area contributed by atoms with Gasteiger partial charge >= 0.3 is 0 Å². The molecule has 0 saturated carbocycles. The first-order valence-corrected chi connectivity index (χ1v) is 8.45. The predicted molar refractivity (Wildman–Crippen MR) is 78.7 cm³/mol. The van der Waals surface area contributed by atoms with Gasteiger partial charge < -0.3 is 4.74 Å². The summed E-state index contributed by atoms with van der Waals surface area (Å²) in [6, 6.07) is -0.402. The molecule has 1 atom stereocenters. The summed E-state index contributed by atoms with van der Waals surface area (Å²) in [6.45, 7) is 4.58. The first-order valence-electron chi connectivity index (χ1n) is 7.01. The fourth-order valence-electron chi connectivity index (χ4n) is 2.75. The van der Waals surface area contributed by atoms with Crippen molar-refractivity contribution in [1.82, 2.24) is 24.3 Å². The molecule has 0 amide bonds. The van der Waals surface area contributed by atoms with E-state index in [1.165, 1.54) is 15.2 Å². The van der Waals surface area contributed by atoms with Crippen LogP contribution in [0.3, 0.4) is 0 Å². The van der Waals surface area contributed by atoms with Crippen LogP contribution in [-0.4, -0.2) is 52.5 Å². The van der Waals surface area contributed by atoms with E-state index in [1.54, 1.807) is 20.2 Å². The van der Waals surface area contributed by atoms with Gasteiger partial charge in [0.05, 0.1) is 36.8 Å². The maximum absolute atomic E-state index is 13.0. The van der Waals surface area contributed by atoms with Crippen molar-refractivity contribution >= 4 is 10.0 Å². The van der Waals surface area contributed by atoms with Crippen LogP contribution in [0.4, 0.5) is 0 Å². The second-order valence-corrected chi connectivity index (χ2v) is 7.28. The normalized spacial score (nSPS) is 20.4. The summed E-state index contributed by atoms with van der Waals surface area (Å²) in [7, 11) is -1.93. The Labute approximate surface area is 129 Å². The number of aromatic amines is 1. The lowest BCUT2D eigenvalue weighted by atomic mass is 10.1. The lowest BCUT2D eigenvalue weighted by molar-refractivity contribution is 0.0303. The van der Waals surface area contributed by atoms with Crippen molar-refractivity contribution in [1.29, 1.82) is 0 Å². The van der Waals surface area contributed by atoms with Crippen LogP contribution >= 0.6 is 0 Å². The second-order valence-electron chi connectivity index (χ2n) is 5.43. The van der Waals surface area contributed by atoms with Gasteiger partial charge in [0.25, 0.3) is 0 Å². The first-order chi connectivity index (χ1) is 10.4. The van der Waals surface area contributed by atoms with Crippen LogP contribution in [0, 0.1) is 13.8 Å². The largest absolute Gasteiger partial charge is 0.378 e. The van der Waals surface area contributed by atoms with Crippen LogP contribution in [0.2, 0.25) is 0 Å². The van der Waals surface area contributed by atoms with Crippen LogP contribution in [0.5, 0.6) is 0 Å². The highest BCUT2D eigenvalue weighted by Crippen LogP contribution is 2.31. The van der Waals surface area contributed by atoms with Crippen LogP contribution < -0.4 is 0 Å². The average Bonchev–Trinajstić information content (AvgIpc) is 3.04. The van der Waals surface area contributed by atoms with Gasteiger partial charge in [-0.3, -0.25) is 9.78 Å². The van der Waals surface area contributed by atoms with Crippen molar-refractivity contribution in [2.45, 2.75) is 24.8 Å².